The molecule has 1 aromatic rings. The second-order valence-electron chi connectivity index (χ2n) is 3.06. The second-order valence-corrected chi connectivity index (χ2v) is 3.85. The van der Waals surface area contributed by atoms with Crippen LogP contribution >= 0.6 is 15.9 Å². The van der Waals surface area contributed by atoms with Crippen LogP contribution in [-0.4, -0.2) is 16.1 Å². The number of nitrogens with one attached hydrogen (secondary N) is 1. The quantitative estimate of drug-likeness (QED) is 0.860. The van der Waals surface area contributed by atoms with Crippen LogP contribution in [0, 0.1) is 13.8 Å². The van der Waals surface area contributed by atoms with Gasteiger partial charge in [0.25, 0.3) is 0 Å². The molecule has 0 saturated carbocycles. The van der Waals surface area contributed by atoms with E-state index in [0.29, 0.717) is 6.42 Å². The molecule has 0 unspecified atom stereocenters. The third-order valence-corrected chi connectivity index (χ3v) is 3.08. The number of aliphatic carboxylic acids is 1. The van der Waals surface area contributed by atoms with Gasteiger partial charge in [-0.3, -0.25) is 4.79 Å². The number of carboxylic acids is 1. The van der Waals surface area contributed by atoms with Crippen molar-refractivity contribution in [2.75, 3.05) is 0 Å². The molecule has 0 saturated heterocycles. The molecule has 0 radical (unpaired) electrons. The number of H-pyrrole nitrogens is 1. The summed E-state index contributed by atoms with van der Waals surface area (Å²) < 4.78 is 1.01. The van der Waals surface area contributed by atoms with Crippen LogP contribution in [0.15, 0.2) is 4.47 Å². The van der Waals surface area contributed by atoms with Gasteiger partial charge in [0.2, 0.25) is 0 Å². The number of aromatic nitrogens is 1. The second kappa shape index (κ2) is 3.96. The van der Waals surface area contributed by atoms with Crippen LogP contribution in [-0.2, 0) is 11.2 Å². The van der Waals surface area contributed by atoms with E-state index in [4.69, 9.17) is 5.11 Å². The first kappa shape index (κ1) is 10.3. The highest BCUT2D eigenvalue weighted by Gasteiger charge is 2.10. The van der Waals surface area contributed by atoms with E-state index in [1.807, 2.05) is 13.8 Å². The number of hydrogen-bond acceptors (Lipinski definition) is 1. The van der Waals surface area contributed by atoms with E-state index in [0.717, 1.165) is 21.4 Å². The minimum atomic E-state index is -0.759. The molecule has 4 heteroatoms. The molecule has 0 amide bonds. The summed E-state index contributed by atoms with van der Waals surface area (Å²) in [5, 5.41) is 8.54. The molecule has 0 aliphatic rings. The Morgan fingerprint density at radius 2 is 2.08 bits per heavy atom. The summed E-state index contributed by atoms with van der Waals surface area (Å²) >= 11 is 3.43. The van der Waals surface area contributed by atoms with Gasteiger partial charge in [0.05, 0.1) is 0 Å². The van der Waals surface area contributed by atoms with Crippen LogP contribution in [0.25, 0.3) is 0 Å². The lowest BCUT2D eigenvalue weighted by molar-refractivity contribution is -0.136. The van der Waals surface area contributed by atoms with Crippen LogP contribution in [0.5, 0.6) is 0 Å². The van der Waals surface area contributed by atoms with Gasteiger partial charge < -0.3 is 10.1 Å². The summed E-state index contributed by atoms with van der Waals surface area (Å²) in [6, 6.07) is 0. The van der Waals surface area contributed by atoms with E-state index in [2.05, 4.69) is 20.9 Å². The van der Waals surface area contributed by atoms with E-state index < -0.39 is 5.97 Å². The minimum absolute atomic E-state index is 0.177. The molecule has 0 aliphatic carbocycles. The Balaban J connectivity index is 2.81. The Morgan fingerprint density at radius 3 is 2.46 bits per heavy atom. The standard InChI is InChI=1S/C9H12BrNO2/c1-5-7(3-4-8(12)13)9(10)6(2)11-5/h11H,3-4H2,1-2H3,(H,12,13). The fourth-order valence-corrected chi connectivity index (χ4v) is 1.93. The summed E-state index contributed by atoms with van der Waals surface area (Å²) in [6.07, 6.45) is 0.753. The Morgan fingerprint density at radius 1 is 1.46 bits per heavy atom. The van der Waals surface area contributed by atoms with Crippen LogP contribution in [0.3, 0.4) is 0 Å². The maximum absolute atomic E-state index is 10.4. The van der Waals surface area contributed by atoms with Crippen molar-refractivity contribution in [3.63, 3.8) is 0 Å². The third kappa shape index (κ3) is 2.34. The first-order valence-corrected chi connectivity index (χ1v) is 4.87. The zero-order chi connectivity index (χ0) is 10.0. The third-order valence-electron chi connectivity index (χ3n) is 2.01. The van der Waals surface area contributed by atoms with Gasteiger partial charge in [-0.25, -0.2) is 0 Å². The molecular formula is C9H12BrNO2. The fraction of sp³-hybridized carbons (Fsp3) is 0.444. The van der Waals surface area contributed by atoms with Crippen molar-refractivity contribution < 1.29 is 9.90 Å². The zero-order valence-corrected chi connectivity index (χ0v) is 9.23. The van der Waals surface area contributed by atoms with Crippen molar-refractivity contribution in [1.82, 2.24) is 4.98 Å². The molecule has 1 aromatic heterocycles. The number of carbonyl (C=O) groups is 1. The lowest BCUT2D eigenvalue weighted by atomic mass is 10.1. The number of aromatic amines is 1. The molecule has 2 N–H and O–H groups in total. The van der Waals surface area contributed by atoms with Gasteiger partial charge in [0.1, 0.15) is 0 Å². The Kier molecular flexibility index (Phi) is 3.14. The molecule has 72 valence electrons. The average Bonchev–Trinajstić information content (AvgIpc) is 2.24. The average molecular weight is 246 g/mol. The van der Waals surface area contributed by atoms with Gasteiger partial charge in [0.15, 0.2) is 0 Å². The smallest absolute Gasteiger partial charge is 0.303 e. The van der Waals surface area contributed by atoms with E-state index in [-0.39, 0.29) is 6.42 Å². The van der Waals surface area contributed by atoms with Crippen molar-refractivity contribution in [2.24, 2.45) is 0 Å². The van der Waals surface area contributed by atoms with Gasteiger partial charge in [-0.1, -0.05) is 0 Å². The molecule has 3 nitrogen and oxygen atoms in total. The number of aryl methyl sites for hydroxylation is 2. The Bertz CT molecular complexity index is 331. The normalized spacial score (nSPS) is 10.4. The molecular weight excluding hydrogens is 234 g/mol. The largest absolute Gasteiger partial charge is 0.481 e. The van der Waals surface area contributed by atoms with Gasteiger partial charge >= 0.3 is 5.97 Å². The molecule has 0 fully saturated rings. The predicted molar refractivity (Wildman–Crippen MR) is 53.9 cm³/mol. The van der Waals surface area contributed by atoms with Crippen molar-refractivity contribution in [2.45, 2.75) is 26.7 Å². The van der Waals surface area contributed by atoms with E-state index >= 15 is 0 Å². The fourth-order valence-electron chi connectivity index (χ4n) is 1.33. The van der Waals surface area contributed by atoms with Crippen molar-refractivity contribution in [3.8, 4) is 0 Å². The minimum Gasteiger partial charge on any atom is -0.481 e. The topological polar surface area (TPSA) is 53.1 Å². The number of halogens is 1. The van der Waals surface area contributed by atoms with Crippen LogP contribution < -0.4 is 0 Å². The predicted octanol–water partition coefficient (Wildman–Crippen LogP) is 2.41. The highest BCUT2D eigenvalue weighted by atomic mass is 79.9. The number of rotatable bonds is 3. The maximum Gasteiger partial charge on any atom is 0.303 e. The van der Waals surface area contributed by atoms with Crippen molar-refractivity contribution in [3.05, 3.63) is 21.4 Å². The number of hydrogen-bond donors (Lipinski definition) is 2. The number of carboxylic acid groups (broad SMARTS) is 1. The zero-order valence-electron chi connectivity index (χ0n) is 7.65. The molecule has 1 rings (SSSR count). The Hall–Kier alpha value is -0.770. The maximum atomic E-state index is 10.4. The SMILES string of the molecule is Cc1[nH]c(C)c(CCC(=O)O)c1Br. The van der Waals surface area contributed by atoms with Crippen molar-refractivity contribution >= 4 is 21.9 Å². The van der Waals surface area contributed by atoms with Gasteiger partial charge in [-0.2, -0.15) is 0 Å². The lowest BCUT2D eigenvalue weighted by Crippen LogP contribution is -1.98. The first-order chi connectivity index (χ1) is 6.02. The summed E-state index contributed by atoms with van der Waals surface area (Å²) in [5.41, 5.74) is 3.17. The van der Waals surface area contributed by atoms with Crippen LogP contribution in [0.4, 0.5) is 0 Å². The monoisotopic (exact) mass is 245 g/mol. The molecule has 13 heavy (non-hydrogen) atoms. The van der Waals surface area contributed by atoms with E-state index in [1.54, 1.807) is 0 Å². The molecule has 0 aromatic carbocycles. The summed E-state index contributed by atoms with van der Waals surface area (Å²) in [6.45, 7) is 3.91. The molecule has 0 spiro atoms. The van der Waals surface area contributed by atoms with Crippen LogP contribution in [0.2, 0.25) is 0 Å². The lowest BCUT2D eigenvalue weighted by Gasteiger charge is -1.97. The molecule has 0 aliphatic heterocycles. The molecule has 1 heterocycles. The highest BCUT2D eigenvalue weighted by Crippen LogP contribution is 2.25. The van der Waals surface area contributed by atoms with E-state index in [1.165, 1.54) is 0 Å². The highest BCUT2D eigenvalue weighted by molar-refractivity contribution is 9.10. The summed E-state index contributed by atoms with van der Waals surface area (Å²) in [5.74, 6) is -0.759. The summed E-state index contributed by atoms with van der Waals surface area (Å²) in [7, 11) is 0. The van der Waals surface area contributed by atoms with Gasteiger partial charge in [-0.05, 0) is 41.8 Å². The Labute approximate surface area is 85.3 Å². The molecule has 0 atom stereocenters. The van der Waals surface area contributed by atoms with E-state index in [9.17, 15) is 4.79 Å². The first-order valence-electron chi connectivity index (χ1n) is 4.07. The molecule has 0 bridgehead atoms. The van der Waals surface area contributed by atoms with Gasteiger partial charge in [0, 0.05) is 22.3 Å². The summed E-state index contributed by atoms with van der Waals surface area (Å²) in [4.78, 5) is 13.5. The van der Waals surface area contributed by atoms with Gasteiger partial charge in [-0.15, -0.1) is 0 Å². The van der Waals surface area contributed by atoms with Crippen molar-refractivity contribution in [1.29, 1.82) is 0 Å². The van der Waals surface area contributed by atoms with Crippen LogP contribution in [0.1, 0.15) is 23.4 Å².